The number of fused-ring (bicyclic) bond motifs is 1. The van der Waals surface area contributed by atoms with Crippen LogP contribution in [-0.2, 0) is 14.8 Å². The van der Waals surface area contributed by atoms with E-state index in [-0.39, 0.29) is 35.4 Å². The van der Waals surface area contributed by atoms with Gasteiger partial charge in [0, 0.05) is 36.8 Å². The molecule has 12 heteroatoms. The third-order valence-electron chi connectivity index (χ3n) is 6.47. The number of benzene rings is 2. The molecule has 0 radical (unpaired) electrons. The molecule has 2 heterocycles. The van der Waals surface area contributed by atoms with Crippen LogP contribution in [0.2, 0.25) is 5.02 Å². The Morgan fingerprint density at radius 2 is 1.71 bits per heavy atom. The van der Waals surface area contributed by atoms with Crippen LogP contribution in [0.25, 0.3) is 10.2 Å². The van der Waals surface area contributed by atoms with Gasteiger partial charge in [-0.25, -0.2) is 13.4 Å². The number of carbonyl (C=O) groups excluding carboxylic acids is 1. The van der Waals surface area contributed by atoms with Crippen LogP contribution in [0.5, 0.6) is 0 Å². The van der Waals surface area contributed by atoms with Crippen molar-refractivity contribution in [2.75, 3.05) is 44.2 Å². The van der Waals surface area contributed by atoms with Gasteiger partial charge in [0.1, 0.15) is 0 Å². The van der Waals surface area contributed by atoms with Gasteiger partial charge in [-0.1, -0.05) is 36.8 Å². The van der Waals surface area contributed by atoms with Crippen molar-refractivity contribution in [2.45, 2.75) is 44.8 Å². The molecule has 0 spiro atoms. The molecule has 1 amide bonds. The Morgan fingerprint density at radius 3 is 2.32 bits per heavy atom. The van der Waals surface area contributed by atoms with Crippen LogP contribution in [-0.4, -0.2) is 80.0 Å². The molecular formula is C26H34Cl2N4O4S2. The summed E-state index contributed by atoms with van der Waals surface area (Å²) in [7, 11) is -3.69. The molecule has 1 fully saturated rings. The van der Waals surface area contributed by atoms with Crippen molar-refractivity contribution in [1.82, 2.24) is 14.2 Å². The van der Waals surface area contributed by atoms with Crippen molar-refractivity contribution in [2.24, 2.45) is 0 Å². The summed E-state index contributed by atoms with van der Waals surface area (Å²) in [5.41, 5.74) is 1.18. The van der Waals surface area contributed by atoms with Gasteiger partial charge in [0.05, 0.1) is 27.3 Å². The van der Waals surface area contributed by atoms with Crippen molar-refractivity contribution in [3.8, 4) is 0 Å². The largest absolute Gasteiger partial charge is 0.373 e. The van der Waals surface area contributed by atoms with Crippen LogP contribution in [0.3, 0.4) is 0 Å². The van der Waals surface area contributed by atoms with E-state index in [1.165, 1.54) is 27.8 Å². The highest BCUT2D eigenvalue weighted by Crippen LogP contribution is 2.32. The zero-order valence-electron chi connectivity index (χ0n) is 22.0. The number of sulfonamides is 1. The van der Waals surface area contributed by atoms with Crippen molar-refractivity contribution >= 4 is 66.6 Å². The van der Waals surface area contributed by atoms with E-state index in [4.69, 9.17) is 21.3 Å². The monoisotopic (exact) mass is 600 g/mol. The number of ether oxygens (including phenoxy) is 1. The van der Waals surface area contributed by atoms with E-state index >= 15 is 0 Å². The predicted octanol–water partition coefficient (Wildman–Crippen LogP) is 5.16. The van der Waals surface area contributed by atoms with Crippen molar-refractivity contribution in [3.05, 3.63) is 53.1 Å². The smallest absolute Gasteiger partial charge is 0.260 e. The molecule has 38 heavy (non-hydrogen) atoms. The zero-order valence-corrected chi connectivity index (χ0v) is 25.2. The topological polar surface area (TPSA) is 83.1 Å². The standard InChI is InChI=1S/C26H33ClN4O4S2.ClH/c1-5-29(6-2)13-14-31(26-28-23-12-9-21(27)15-24(23)36-26)25(32)20-7-10-22(11-8-20)37(33,34)30-16-18(3)35-19(4)17-30;/h7-12,15,18-19H,5-6,13-14,16-17H2,1-4H3;1H. The third-order valence-corrected chi connectivity index (χ3v) is 9.60. The molecule has 1 aromatic heterocycles. The highest BCUT2D eigenvalue weighted by atomic mass is 35.5. The predicted molar refractivity (Wildman–Crippen MR) is 157 cm³/mol. The highest BCUT2D eigenvalue weighted by molar-refractivity contribution is 7.89. The molecule has 4 rings (SSSR count). The molecule has 0 aliphatic carbocycles. The molecule has 2 atom stereocenters. The Labute approximate surface area is 240 Å². The quantitative estimate of drug-likeness (QED) is 0.337. The lowest BCUT2D eigenvalue weighted by molar-refractivity contribution is -0.0440. The van der Waals surface area contributed by atoms with Gasteiger partial charge < -0.3 is 9.64 Å². The molecule has 0 N–H and O–H groups in total. The van der Waals surface area contributed by atoms with E-state index in [0.717, 1.165) is 23.3 Å². The molecule has 208 valence electrons. The third kappa shape index (κ3) is 6.85. The van der Waals surface area contributed by atoms with Crippen LogP contribution >= 0.6 is 35.3 Å². The summed E-state index contributed by atoms with van der Waals surface area (Å²) >= 11 is 7.57. The van der Waals surface area contributed by atoms with Gasteiger partial charge in [-0.3, -0.25) is 9.69 Å². The number of carbonyl (C=O) groups is 1. The Hall–Kier alpha value is -1.79. The number of hydrogen-bond donors (Lipinski definition) is 0. The second kappa shape index (κ2) is 13.0. The average Bonchev–Trinajstić information content (AvgIpc) is 3.28. The number of halogens is 2. The van der Waals surface area contributed by atoms with E-state index < -0.39 is 10.0 Å². The van der Waals surface area contributed by atoms with Gasteiger partial charge in [0.15, 0.2) is 5.13 Å². The van der Waals surface area contributed by atoms with Crippen molar-refractivity contribution in [1.29, 1.82) is 0 Å². The molecule has 1 aliphatic rings. The van der Waals surface area contributed by atoms with Gasteiger partial charge in [-0.2, -0.15) is 4.31 Å². The lowest BCUT2D eigenvalue weighted by Crippen LogP contribution is -2.48. The van der Waals surface area contributed by atoms with Crippen molar-refractivity contribution in [3.63, 3.8) is 0 Å². The number of anilines is 1. The van der Waals surface area contributed by atoms with Crippen LogP contribution in [0.15, 0.2) is 47.4 Å². The maximum absolute atomic E-state index is 13.7. The fraction of sp³-hybridized carbons (Fsp3) is 0.462. The van der Waals surface area contributed by atoms with Gasteiger partial charge in [0.2, 0.25) is 10.0 Å². The normalized spacial score (nSPS) is 18.5. The summed E-state index contributed by atoms with van der Waals surface area (Å²) in [4.78, 5) is 22.5. The first-order chi connectivity index (χ1) is 17.6. The number of likely N-dealkylation sites (N-methyl/N-ethyl adjacent to an activating group) is 1. The van der Waals surface area contributed by atoms with Crippen molar-refractivity contribution < 1.29 is 17.9 Å². The van der Waals surface area contributed by atoms with Gasteiger partial charge in [0.25, 0.3) is 5.91 Å². The van der Waals surface area contributed by atoms with E-state index in [2.05, 4.69) is 18.7 Å². The minimum atomic E-state index is -3.69. The number of amides is 1. The zero-order chi connectivity index (χ0) is 26.7. The Bertz CT molecular complexity index is 1340. The minimum Gasteiger partial charge on any atom is -0.373 e. The summed E-state index contributed by atoms with van der Waals surface area (Å²) in [6, 6.07) is 11.6. The fourth-order valence-electron chi connectivity index (χ4n) is 4.47. The summed E-state index contributed by atoms with van der Waals surface area (Å²) in [5.74, 6) is -0.227. The lowest BCUT2D eigenvalue weighted by atomic mass is 10.2. The van der Waals surface area contributed by atoms with Crippen LogP contribution in [0.4, 0.5) is 5.13 Å². The summed E-state index contributed by atoms with van der Waals surface area (Å²) in [6.45, 7) is 11.4. The molecule has 0 bridgehead atoms. The minimum absolute atomic E-state index is 0. The fourth-order valence-corrected chi connectivity index (χ4v) is 7.32. The molecule has 0 saturated carbocycles. The average molecular weight is 602 g/mol. The number of nitrogens with zero attached hydrogens (tertiary/aromatic N) is 4. The summed E-state index contributed by atoms with van der Waals surface area (Å²) in [5, 5.41) is 1.20. The number of thiazole rings is 1. The van der Waals surface area contributed by atoms with E-state index in [9.17, 15) is 13.2 Å². The maximum atomic E-state index is 13.7. The molecule has 1 aliphatic heterocycles. The number of aromatic nitrogens is 1. The Kier molecular flexibility index (Phi) is 10.6. The number of morpholine rings is 1. The lowest BCUT2D eigenvalue weighted by Gasteiger charge is -2.34. The summed E-state index contributed by atoms with van der Waals surface area (Å²) < 4.78 is 34.5. The first-order valence-corrected chi connectivity index (χ1v) is 15.1. The highest BCUT2D eigenvalue weighted by Gasteiger charge is 2.32. The first-order valence-electron chi connectivity index (χ1n) is 12.5. The second-order valence-corrected chi connectivity index (χ2v) is 12.6. The van der Waals surface area contributed by atoms with Crippen LogP contribution in [0, 0.1) is 0 Å². The van der Waals surface area contributed by atoms with E-state index in [0.29, 0.717) is 41.9 Å². The van der Waals surface area contributed by atoms with Gasteiger partial charge in [-0.15, -0.1) is 12.4 Å². The second-order valence-electron chi connectivity index (χ2n) is 9.20. The Balaban J connectivity index is 0.00000400. The van der Waals surface area contributed by atoms with E-state index in [1.807, 2.05) is 26.0 Å². The van der Waals surface area contributed by atoms with Crippen LogP contribution in [0.1, 0.15) is 38.1 Å². The molecule has 8 nitrogen and oxygen atoms in total. The number of hydrogen-bond acceptors (Lipinski definition) is 7. The molecule has 1 saturated heterocycles. The number of rotatable bonds is 9. The van der Waals surface area contributed by atoms with Gasteiger partial charge >= 0.3 is 0 Å². The van der Waals surface area contributed by atoms with Crippen LogP contribution < -0.4 is 4.90 Å². The first kappa shape index (κ1) is 30.7. The maximum Gasteiger partial charge on any atom is 0.260 e. The van der Waals surface area contributed by atoms with Gasteiger partial charge in [-0.05, 0) is 69.4 Å². The Morgan fingerprint density at radius 1 is 1.08 bits per heavy atom. The molecule has 2 aromatic carbocycles. The molecular weight excluding hydrogens is 567 g/mol. The SMILES string of the molecule is CCN(CC)CCN(C(=O)c1ccc(S(=O)(=O)N2CC(C)OC(C)C2)cc1)c1nc2ccc(Cl)cc2s1.Cl. The molecule has 2 unspecified atom stereocenters. The summed E-state index contributed by atoms with van der Waals surface area (Å²) in [6.07, 6.45) is -0.357. The van der Waals surface area contributed by atoms with E-state index in [1.54, 1.807) is 23.1 Å². The molecule has 3 aromatic rings.